The van der Waals surface area contributed by atoms with Crippen molar-refractivity contribution in [1.82, 2.24) is 0 Å². The third kappa shape index (κ3) is 4.15. The van der Waals surface area contributed by atoms with Crippen molar-refractivity contribution in [2.75, 3.05) is 0 Å². The first-order valence-electron chi connectivity index (χ1n) is 6.77. The van der Waals surface area contributed by atoms with Crippen LogP contribution in [0.4, 0.5) is 0 Å². The first-order chi connectivity index (χ1) is 10.1. The average Bonchev–Trinajstić information content (AvgIpc) is 2.48. The molecule has 0 aliphatic heterocycles. The fraction of sp³-hybridized carbons (Fsp3) is 0.235. The summed E-state index contributed by atoms with van der Waals surface area (Å²) in [6.45, 7) is 4.16. The molecule has 0 atom stereocenters. The molecular formula is C17H17N2O2+. The Balaban J connectivity index is 2.04. The van der Waals surface area contributed by atoms with Crippen molar-refractivity contribution in [2.45, 2.75) is 26.5 Å². The maximum Gasteiger partial charge on any atom is 0.227 e. The Hall–Kier alpha value is -2.67. The summed E-state index contributed by atoms with van der Waals surface area (Å²) in [5, 5.41) is 8.74. The average molecular weight is 281 g/mol. The number of ketones is 1. The van der Waals surface area contributed by atoms with Crippen molar-refractivity contribution in [3.05, 3.63) is 59.9 Å². The van der Waals surface area contributed by atoms with Crippen molar-refractivity contribution in [1.29, 1.82) is 5.26 Å². The van der Waals surface area contributed by atoms with Gasteiger partial charge in [0.2, 0.25) is 12.3 Å². The number of nitriles is 1. The molecule has 0 unspecified atom stereocenters. The van der Waals surface area contributed by atoms with E-state index in [0.717, 1.165) is 5.75 Å². The summed E-state index contributed by atoms with van der Waals surface area (Å²) >= 11 is 0. The number of carbonyl (C=O) groups excluding carboxylic acids is 1. The number of benzene rings is 1. The van der Waals surface area contributed by atoms with Crippen molar-refractivity contribution >= 4 is 5.78 Å². The summed E-state index contributed by atoms with van der Waals surface area (Å²) in [7, 11) is 0. The smallest absolute Gasteiger partial charge is 0.227 e. The third-order valence-electron chi connectivity index (χ3n) is 2.89. The quantitative estimate of drug-likeness (QED) is 0.625. The van der Waals surface area contributed by atoms with Gasteiger partial charge in [0.15, 0.2) is 12.4 Å². The van der Waals surface area contributed by atoms with Crippen LogP contribution < -0.4 is 9.30 Å². The maximum atomic E-state index is 12.2. The number of aromatic nitrogens is 1. The minimum atomic E-state index is 0.0146. The van der Waals surface area contributed by atoms with Gasteiger partial charge >= 0.3 is 0 Å². The lowest BCUT2D eigenvalue weighted by molar-refractivity contribution is -0.683. The lowest BCUT2D eigenvalue weighted by atomic mass is 10.1. The first-order valence-corrected chi connectivity index (χ1v) is 6.77. The van der Waals surface area contributed by atoms with Gasteiger partial charge in [-0.1, -0.05) is 0 Å². The van der Waals surface area contributed by atoms with Gasteiger partial charge in [-0.25, -0.2) is 0 Å². The monoisotopic (exact) mass is 281 g/mol. The van der Waals surface area contributed by atoms with Crippen molar-refractivity contribution in [3.63, 3.8) is 0 Å². The van der Waals surface area contributed by atoms with Crippen LogP contribution in [-0.4, -0.2) is 11.9 Å². The number of ether oxygens (including phenoxy) is 1. The molecule has 0 fully saturated rings. The second kappa shape index (κ2) is 6.67. The summed E-state index contributed by atoms with van der Waals surface area (Å²) in [6, 6.07) is 12.6. The number of hydrogen-bond donors (Lipinski definition) is 0. The molecule has 2 aromatic rings. The summed E-state index contributed by atoms with van der Waals surface area (Å²) < 4.78 is 7.30. The lowest BCUT2D eigenvalue weighted by Crippen LogP contribution is -2.37. The van der Waals surface area contributed by atoms with Crippen LogP contribution in [0.5, 0.6) is 5.75 Å². The van der Waals surface area contributed by atoms with Crippen LogP contribution >= 0.6 is 0 Å². The molecule has 2 rings (SSSR count). The van der Waals surface area contributed by atoms with Crippen LogP contribution in [0.25, 0.3) is 0 Å². The van der Waals surface area contributed by atoms with E-state index in [0.29, 0.717) is 11.1 Å². The molecule has 106 valence electrons. The van der Waals surface area contributed by atoms with Crippen LogP contribution in [0.15, 0.2) is 48.8 Å². The van der Waals surface area contributed by atoms with Crippen molar-refractivity contribution in [3.8, 4) is 11.8 Å². The lowest BCUT2D eigenvalue weighted by Gasteiger charge is -2.09. The second-order valence-electron chi connectivity index (χ2n) is 4.99. The maximum absolute atomic E-state index is 12.2. The van der Waals surface area contributed by atoms with E-state index in [1.165, 1.54) is 0 Å². The van der Waals surface area contributed by atoms with Crippen molar-refractivity contribution < 1.29 is 14.1 Å². The zero-order valence-electron chi connectivity index (χ0n) is 12.1. The molecule has 0 radical (unpaired) electrons. The van der Waals surface area contributed by atoms with Gasteiger partial charge in [-0.05, 0) is 38.1 Å². The molecule has 21 heavy (non-hydrogen) atoms. The van der Waals surface area contributed by atoms with E-state index in [4.69, 9.17) is 10.00 Å². The Kier molecular flexibility index (Phi) is 4.68. The molecule has 1 aromatic heterocycles. The predicted octanol–water partition coefficient (Wildman–Crippen LogP) is 2.52. The van der Waals surface area contributed by atoms with Crippen LogP contribution in [0.1, 0.15) is 29.8 Å². The van der Waals surface area contributed by atoms with Gasteiger partial charge in [0, 0.05) is 17.7 Å². The highest BCUT2D eigenvalue weighted by molar-refractivity contribution is 5.95. The number of nitrogens with zero attached hydrogens (tertiary/aromatic N) is 2. The number of Topliss-reactive ketones (excluding diaryl/α,β-unsaturated/α-hetero) is 1. The van der Waals surface area contributed by atoms with E-state index in [2.05, 4.69) is 0 Å². The molecule has 0 N–H and O–H groups in total. The van der Waals surface area contributed by atoms with E-state index < -0.39 is 0 Å². The zero-order valence-corrected chi connectivity index (χ0v) is 12.1. The summed E-state index contributed by atoms with van der Waals surface area (Å²) in [5.74, 6) is 0.772. The Bertz CT molecular complexity index is 653. The van der Waals surface area contributed by atoms with Gasteiger partial charge in [-0.2, -0.15) is 9.83 Å². The number of rotatable bonds is 5. The zero-order chi connectivity index (χ0) is 15.2. The fourth-order valence-corrected chi connectivity index (χ4v) is 1.89. The van der Waals surface area contributed by atoms with E-state index in [1.54, 1.807) is 53.4 Å². The van der Waals surface area contributed by atoms with Crippen molar-refractivity contribution in [2.24, 2.45) is 0 Å². The Labute approximate surface area is 124 Å². The number of hydrogen-bond acceptors (Lipinski definition) is 3. The number of carbonyl (C=O) groups is 1. The second-order valence-corrected chi connectivity index (χ2v) is 4.99. The summed E-state index contributed by atoms with van der Waals surface area (Å²) in [5.41, 5.74) is 1.22. The SMILES string of the molecule is CC(C)Oc1ccc(C(=O)C[n+]2ccc(C#N)cc2)cc1. The van der Waals surface area contributed by atoms with E-state index >= 15 is 0 Å². The van der Waals surface area contributed by atoms with Gasteiger partial charge in [0.25, 0.3) is 0 Å². The van der Waals surface area contributed by atoms with E-state index in [-0.39, 0.29) is 18.4 Å². The van der Waals surface area contributed by atoms with Gasteiger partial charge < -0.3 is 4.74 Å². The molecule has 1 heterocycles. The molecule has 1 aromatic carbocycles. The van der Waals surface area contributed by atoms with Gasteiger partial charge in [0.05, 0.1) is 17.7 Å². The molecule has 0 aliphatic rings. The molecule has 0 saturated carbocycles. The van der Waals surface area contributed by atoms with Gasteiger partial charge in [-0.3, -0.25) is 4.79 Å². The number of pyridine rings is 1. The van der Waals surface area contributed by atoms with Gasteiger partial charge in [0.1, 0.15) is 5.75 Å². The van der Waals surface area contributed by atoms with Crippen LogP contribution in [0.2, 0.25) is 0 Å². The van der Waals surface area contributed by atoms with Crippen LogP contribution in [0, 0.1) is 11.3 Å². The first kappa shape index (κ1) is 14.7. The summed E-state index contributed by atoms with van der Waals surface area (Å²) in [6.07, 6.45) is 3.57. The standard InChI is InChI=1S/C17H17N2O2/c1-13(2)21-16-5-3-15(4-6-16)17(20)12-19-9-7-14(11-18)8-10-19/h3-10,13H,12H2,1-2H3/q+1. The molecule has 4 heteroatoms. The highest BCUT2D eigenvalue weighted by Gasteiger charge is 2.12. The normalized spacial score (nSPS) is 10.2. The van der Waals surface area contributed by atoms with Gasteiger partial charge in [-0.15, -0.1) is 0 Å². The molecule has 0 amide bonds. The third-order valence-corrected chi connectivity index (χ3v) is 2.89. The minimum absolute atomic E-state index is 0.0146. The highest BCUT2D eigenvalue weighted by atomic mass is 16.5. The van der Waals surface area contributed by atoms with Crippen LogP contribution in [-0.2, 0) is 6.54 Å². The minimum Gasteiger partial charge on any atom is -0.491 e. The topological polar surface area (TPSA) is 54.0 Å². The molecule has 0 saturated heterocycles. The highest BCUT2D eigenvalue weighted by Crippen LogP contribution is 2.14. The summed E-state index contributed by atoms with van der Waals surface area (Å²) in [4.78, 5) is 12.2. The van der Waals surface area contributed by atoms with Crippen LogP contribution in [0.3, 0.4) is 0 Å². The predicted molar refractivity (Wildman–Crippen MR) is 77.9 cm³/mol. The Morgan fingerprint density at radius 1 is 1.19 bits per heavy atom. The van der Waals surface area contributed by atoms with E-state index in [9.17, 15) is 4.79 Å². The largest absolute Gasteiger partial charge is 0.491 e. The molecular weight excluding hydrogens is 264 g/mol. The van der Waals surface area contributed by atoms with E-state index in [1.807, 2.05) is 19.9 Å². The fourth-order valence-electron chi connectivity index (χ4n) is 1.89. The molecule has 0 spiro atoms. The Morgan fingerprint density at radius 2 is 1.81 bits per heavy atom. The molecule has 4 nitrogen and oxygen atoms in total. The molecule has 0 bridgehead atoms. The molecule has 0 aliphatic carbocycles. The Morgan fingerprint density at radius 3 is 2.33 bits per heavy atom.